The van der Waals surface area contributed by atoms with Crippen LogP contribution < -0.4 is 30.6 Å². The second-order valence-electron chi connectivity index (χ2n) is 19.8. The van der Waals surface area contributed by atoms with E-state index in [4.69, 9.17) is 9.47 Å². The van der Waals surface area contributed by atoms with Gasteiger partial charge in [-0.1, -0.05) is 6.07 Å². The number of thiophene rings is 1. The highest BCUT2D eigenvalue weighted by Gasteiger charge is 2.47. The van der Waals surface area contributed by atoms with Crippen LogP contribution in [0.15, 0.2) is 41.2 Å². The molecule has 18 heteroatoms. The summed E-state index contributed by atoms with van der Waals surface area (Å²) in [6.07, 6.45) is 2.98. The minimum absolute atomic E-state index is 0.124. The Hall–Kier alpha value is -5.43. The second-order valence-corrected chi connectivity index (χ2v) is 20.9. The van der Waals surface area contributed by atoms with Crippen LogP contribution in [0, 0.1) is 18.3 Å². The van der Waals surface area contributed by atoms with Gasteiger partial charge in [0.25, 0.3) is 23.3 Å². The van der Waals surface area contributed by atoms with Gasteiger partial charge in [0.05, 0.1) is 47.3 Å². The molecule has 2 N–H and O–H groups in total. The summed E-state index contributed by atoms with van der Waals surface area (Å²) in [6.45, 7) is 9.87. The molecule has 10 rings (SSSR count). The van der Waals surface area contributed by atoms with Crippen molar-refractivity contribution in [3.63, 3.8) is 0 Å². The van der Waals surface area contributed by atoms with E-state index in [0.29, 0.717) is 64.8 Å². The lowest BCUT2D eigenvalue weighted by atomic mass is 9.71. The Kier molecular flexibility index (Phi) is 11.7. The zero-order chi connectivity index (χ0) is 47.1. The van der Waals surface area contributed by atoms with Crippen molar-refractivity contribution in [2.75, 3.05) is 85.1 Å². The number of halogens is 2. The zero-order valence-corrected chi connectivity index (χ0v) is 39.5. The molecule has 0 bridgehead atoms. The molecule has 356 valence electrons. The molecule has 4 aromatic rings. The topological polar surface area (TPSA) is 149 Å². The molecule has 6 aliphatic rings. The first-order valence-corrected chi connectivity index (χ1v) is 24.1. The molecular weight excluding hydrogens is 883 g/mol. The van der Waals surface area contributed by atoms with E-state index in [9.17, 15) is 32.8 Å². The normalized spacial score (nSPS) is 23.3. The Balaban J connectivity index is 0.747. The molecule has 6 aliphatic heterocycles. The van der Waals surface area contributed by atoms with Crippen LogP contribution in [0.5, 0.6) is 11.5 Å². The molecule has 5 fully saturated rings. The Morgan fingerprint density at radius 2 is 1.64 bits per heavy atom. The number of nitrogens with one attached hydrogen (secondary N) is 2. The third-order valence-corrected chi connectivity index (χ3v) is 16.5. The number of anilines is 1. The summed E-state index contributed by atoms with van der Waals surface area (Å²) in [4.78, 5) is 75.3. The maximum Gasteiger partial charge on any atom is 0.280 e. The number of amides is 4. The Labute approximate surface area is 391 Å². The van der Waals surface area contributed by atoms with Crippen molar-refractivity contribution in [3.05, 3.63) is 74.0 Å². The standard InChI is InChI=1S/C49H58F2N8O7S/c1-28-42(43-34(46(63)55(28)3)19-39(67-43)45(62)52-40-10-13-54(2)27-49(40,50)51)31-16-37(65-4)35(38(17-31)66-5)24-57-21-29(22-57)20-56-14-11-48(12-15-56)25-58(26-48)32-7-6-30-23-59(47(64)33(30)18-32)36-8-9-41(60)53-44(36)61/h6-7,16-19,29,36,40H,8-15,20-27H2,1-5H3,(H,52,62)(H,53,60,61). The van der Waals surface area contributed by atoms with Crippen LogP contribution in [0.1, 0.15) is 69.0 Å². The third-order valence-electron chi connectivity index (χ3n) is 15.4. The van der Waals surface area contributed by atoms with Crippen molar-refractivity contribution in [2.24, 2.45) is 18.4 Å². The summed E-state index contributed by atoms with van der Waals surface area (Å²) in [7, 11) is 6.59. The van der Waals surface area contributed by atoms with Crippen LogP contribution in [-0.4, -0.2) is 146 Å². The molecule has 4 amide bonds. The summed E-state index contributed by atoms with van der Waals surface area (Å²) in [5.74, 6) is -2.68. The van der Waals surface area contributed by atoms with Crippen LogP contribution in [-0.2, 0) is 29.7 Å². The van der Waals surface area contributed by atoms with Crippen LogP contribution >= 0.6 is 11.3 Å². The molecule has 2 atom stereocenters. The molecule has 0 saturated carbocycles. The first kappa shape index (κ1) is 45.4. The average molecular weight is 941 g/mol. The van der Waals surface area contributed by atoms with Crippen molar-refractivity contribution >= 4 is 50.7 Å². The fraction of sp³-hybridized carbons (Fsp3) is 0.531. The van der Waals surface area contributed by atoms with Gasteiger partial charge < -0.3 is 39.0 Å². The molecule has 5 saturated heterocycles. The first-order valence-electron chi connectivity index (χ1n) is 23.3. The number of pyridine rings is 1. The predicted molar refractivity (Wildman–Crippen MR) is 250 cm³/mol. The predicted octanol–water partition coefficient (Wildman–Crippen LogP) is 4.46. The number of fused-ring (bicyclic) bond motifs is 2. The van der Waals surface area contributed by atoms with E-state index in [-0.39, 0.29) is 40.5 Å². The fourth-order valence-corrected chi connectivity index (χ4v) is 12.5. The minimum atomic E-state index is -3.08. The number of imide groups is 1. The number of alkyl halides is 2. The van der Waals surface area contributed by atoms with E-state index in [1.54, 1.807) is 42.7 Å². The quantitative estimate of drug-likeness (QED) is 0.206. The average Bonchev–Trinajstić information content (AvgIpc) is 3.86. The second kappa shape index (κ2) is 17.3. The molecular formula is C49H58F2N8O7S. The number of hydrogen-bond donors (Lipinski definition) is 2. The highest BCUT2D eigenvalue weighted by atomic mass is 32.1. The van der Waals surface area contributed by atoms with Crippen molar-refractivity contribution in [3.8, 4) is 22.6 Å². The molecule has 2 aromatic heterocycles. The lowest BCUT2D eigenvalue weighted by Crippen LogP contribution is -2.61. The fourth-order valence-electron chi connectivity index (χ4n) is 11.4. The van der Waals surface area contributed by atoms with Crippen LogP contribution in [0.3, 0.4) is 0 Å². The minimum Gasteiger partial charge on any atom is -0.496 e. The molecule has 2 unspecified atom stereocenters. The highest BCUT2D eigenvalue weighted by Crippen LogP contribution is 2.45. The van der Waals surface area contributed by atoms with E-state index >= 15 is 0 Å². The molecule has 1 spiro atoms. The molecule has 67 heavy (non-hydrogen) atoms. The Morgan fingerprint density at radius 3 is 2.31 bits per heavy atom. The summed E-state index contributed by atoms with van der Waals surface area (Å²) < 4.78 is 43.9. The van der Waals surface area contributed by atoms with Gasteiger partial charge in [0, 0.05) is 93.7 Å². The van der Waals surface area contributed by atoms with Crippen molar-refractivity contribution in [1.82, 2.24) is 34.8 Å². The van der Waals surface area contributed by atoms with Gasteiger partial charge in [0.2, 0.25) is 11.8 Å². The third kappa shape index (κ3) is 8.26. The van der Waals surface area contributed by atoms with Crippen LogP contribution in [0.25, 0.3) is 21.2 Å². The number of carbonyl (C=O) groups is 4. The van der Waals surface area contributed by atoms with Crippen molar-refractivity contribution in [1.29, 1.82) is 0 Å². The number of methoxy groups -OCH3 is 2. The maximum atomic E-state index is 14.9. The number of likely N-dealkylation sites (tertiary alicyclic amines) is 3. The molecule has 15 nitrogen and oxygen atoms in total. The maximum absolute atomic E-state index is 14.9. The van der Waals surface area contributed by atoms with Gasteiger partial charge in [-0.05, 0) is 100 Å². The van der Waals surface area contributed by atoms with Crippen LogP contribution in [0.2, 0.25) is 0 Å². The molecule has 0 aliphatic carbocycles. The van der Waals surface area contributed by atoms with E-state index in [1.807, 2.05) is 31.2 Å². The van der Waals surface area contributed by atoms with Gasteiger partial charge in [-0.3, -0.25) is 34.2 Å². The number of aromatic nitrogens is 1. The zero-order valence-electron chi connectivity index (χ0n) is 38.7. The van der Waals surface area contributed by atoms with Gasteiger partial charge in [0.1, 0.15) is 17.5 Å². The Morgan fingerprint density at radius 1 is 0.925 bits per heavy atom. The SMILES string of the molecule is COc1cc(-c2c(C)n(C)c(=O)c3cc(C(=O)NC4CCN(C)CC4(F)F)sc23)cc(OC)c1CN1CC(CN2CCC3(CC2)CN(c2ccc4c(c2)C(=O)N(C2CCC(=O)NC2=O)C4)C3)C1. The number of piperidine rings is 3. The number of ether oxygens (including phenoxy) is 2. The number of rotatable bonds is 11. The van der Waals surface area contributed by atoms with Gasteiger partial charge in [-0.2, -0.15) is 0 Å². The Bertz CT molecular complexity index is 2710. The van der Waals surface area contributed by atoms with Crippen LogP contribution in [0.4, 0.5) is 14.5 Å². The van der Waals surface area contributed by atoms with E-state index in [2.05, 4.69) is 31.4 Å². The lowest BCUT2D eigenvalue weighted by Gasteiger charge is -2.55. The summed E-state index contributed by atoms with van der Waals surface area (Å²) in [5, 5.41) is 5.28. The van der Waals surface area contributed by atoms with E-state index in [1.165, 1.54) is 6.07 Å². The number of carbonyl (C=O) groups excluding carboxylic acids is 4. The summed E-state index contributed by atoms with van der Waals surface area (Å²) >= 11 is 1.13. The molecule has 0 radical (unpaired) electrons. The molecule has 8 heterocycles. The first-order chi connectivity index (χ1) is 32.0. The van der Waals surface area contributed by atoms with Gasteiger partial charge in [0.15, 0.2) is 0 Å². The van der Waals surface area contributed by atoms with Crippen molar-refractivity contribution < 1.29 is 37.4 Å². The van der Waals surface area contributed by atoms with Gasteiger partial charge in [-0.25, -0.2) is 8.78 Å². The summed E-state index contributed by atoms with van der Waals surface area (Å²) in [6, 6.07) is 9.59. The van der Waals surface area contributed by atoms with E-state index in [0.717, 1.165) is 97.9 Å². The highest BCUT2D eigenvalue weighted by molar-refractivity contribution is 7.21. The van der Waals surface area contributed by atoms with Crippen molar-refractivity contribution in [2.45, 2.75) is 70.1 Å². The number of nitrogens with zero attached hydrogens (tertiary/aromatic N) is 6. The van der Waals surface area contributed by atoms with Gasteiger partial charge >= 0.3 is 0 Å². The smallest absolute Gasteiger partial charge is 0.280 e. The number of hydrogen-bond acceptors (Lipinski definition) is 12. The monoisotopic (exact) mass is 940 g/mol. The largest absolute Gasteiger partial charge is 0.496 e. The molecule has 2 aromatic carbocycles. The lowest BCUT2D eigenvalue weighted by molar-refractivity contribution is -0.136. The number of benzene rings is 2. The van der Waals surface area contributed by atoms with E-state index < -0.39 is 36.4 Å². The summed E-state index contributed by atoms with van der Waals surface area (Å²) in [5.41, 5.74) is 5.73. The van der Waals surface area contributed by atoms with Gasteiger partial charge in [-0.15, -0.1) is 11.3 Å².